The zero-order valence-electron chi connectivity index (χ0n) is 14.7. The summed E-state index contributed by atoms with van der Waals surface area (Å²) in [6.45, 7) is 0.946. The van der Waals surface area contributed by atoms with Gasteiger partial charge < -0.3 is 15.0 Å². The number of benzene rings is 1. The number of carbonyl (C=O) groups is 2. The third-order valence-electron chi connectivity index (χ3n) is 4.97. The van der Waals surface area contributed by atoms with E-state index in [0.29, 0.717) is 30.4 Å². The van der Waals surface area contributed by atoms with Crippen LogP contribution >= 0.6 is 11.3 Å². The minimum absolute atomic E-state index is 0.0491. The Morgan fingerprint density at radius 1 is 1.30 bits per heavy atom. The summed E-state index contributed by atoms with van der Waals surface area (Å²) in [5.74, 6) is 0.155. The summed E-state index contributed by atoms with van der Waals surface area (Å²) < 4.78 is 18.3. The van der Waals surface area contributed by atoms with Crippen molar-refractivity contribution in [1.29, 1.82) is 0 Å². The number of hydrogen-bond acceptors (Lipinski definition) is 5. The highest BCUT2D eigenvalue weighted by atomic mass is 32.1. The predicted octanol–water partition coefficient (Wildman–Crippen LogP) is 2.98. The summed E-state index contributed by atoms with van der Waals surface area (Å²) in [6.07, 6.45) is 3.68. The van der Waals surface area contributed by atoms with Crippen LogP contribution in [0.4, 0.5) is 9.52 Å². The molecule has 6 nitrogen and oxygen atoms in total. The maximum Gasteiger partial charge on any atom is 0.260 e. The largest absolute Gasteiger partial charge is 0.484 e. The zero-order chi connectivity index (χ0) is 18.8. The Labute approximate surface area is 160 Å². The second-order valence-electron chi connectivity index (χ2n) is 6.81. The van der Waals surface area contributed by atoms with Crippen LogP contribution in [0.3, 0.4) is 0 Å². The van der Waals surface area contributed by atoms with E-state index >= 15 is 0 Å². The molecule has 2 aromatic rings. The standard InChI is InChI=1S/C19H20FN3O3S/c20-13-4-6-14(7-5-13)26-11-17(24)23-9-8-15-16(10-23)27-19(21-15)22-18(25)12-2-1-3-12/h4-7,12H,1-3,8-11H2,(H,21,22,25). The molecule has 0 unspecified atom stereocenters. The van der Waals surface area contributed by atoms with Crippen LogP contribution in [-0.4, -0.2) is 34.8 Å². The molecule has 0 atom stereocenters. The number of hydrogen-bond donors (Lipinski definition) is 1. The van der Waals surface area contributed by atoms with E-state index in [-0.39, 0.29) is 30.2 Å². The molecule has 27 heavy (non-hydrogen) atoms. The molecule has 142 valence electrons. The number of thiazole rings is 1. The van der Waals surface area contributed by atoms with Crippen molar-refractivity contribution in [3.63, 3.8) is 0 Å². The van der Waals surface area contributed by atoms with E-state index in [4.69, 9.17) is 4.74 Å². The Morgan fingerprint density at radius 3 is 2.78 bits per heavy atom. The average Bonchev–Trinajstić information content (AvgIpc) is 3.00. The predicted molar refractivity (Wildman–Crippen MR) is 99.1 cm³/mol. The number of rotatable bonds is 5. The van der Waals surface area contributed by atoms with Gasteiger partial charge in [-0.2, -0.15) is 0 Å². The monoisotopic (exact) mass is 389 g/mol. The van der Waals surface area contributed by atoms with Crippen LogP contribution < -0.4 is 10.1 Å². The fourth-order valence-corrected chi connectivity index (χ4v) is 4.13. The van der Waals surface area contributed by atoms with Crippen LogP contribution in [0.5, 0.6) is 5.75 Å². The SMILES string of the molecule is O=C(Nc1nc2c(s1)CN(C(=O)COc1ccc(F)cc1)CC2)C1CCC1. The second kappa shape index (κ2) is 7.64. The average molecular weight is 389 g/mol. The molecule has 1 saturated carbocycles. The Morgan fingerprint density at radius 2 is 2.07 bits per heavy atom. The first-order chi connectivity index (χ1) is 13.1. The highest BCUT2D eigenvalue weighted by Gasteiger charge is 2.28. The minimum Gasteiger partial charge on any atom is -0.484 e. The van der Waals surface area contributed by atoms with Crippen LogP contribution in [0.2, 0.25) is 0 Å². The van der Waals surface area contributed by atoms with E-state index in [1.807, 2.05) is 0 Å². The Bertz CT molecular complexity index is 848. The third-order valence-corrected chi connectivity index (χ3v) is 5.96. The molecule has 0 radical (unpaired) electrons. The number of anilines is 1. The molecule has 1 aromatic heterocycles. The van der Waals surface area contributed by atoms with Gasteiger partial charge in [-0.3, -0.25) is 9.59 Å². The van der Waals surface area contributed by atoms with Crippen molar-refractivity contribution >= 4 is 28.3 Å². The lowest BCUT2D eigenvalue weighted by atomic mass is 9.85. The third kappa shape index (κ3) is 4.10. The first-order valence-corrected chi connectivity index (χ1v) is 9.86. The molecule has 1 aliphatic heterocycles. The molecular formula is C19H20FN3O3S. The van der Waals surface area contributed by atoms with Gasteiger partial charge in [-0.15, -0.1) is 0 Å². The Kier molecular flexibility index (Phi) is 5.07. The molecule has 1 N–H and O–H groups in total. The normalized spacial score (nSPS) is 16.4. The van der Waals surface area contributed by atoms with Gasteiger partial charge in [0.15, 0.2) is 11.7 Å². The molecule has 0 bridgehead atoms. The van der Waals surface area contributed by atoms with Gasteiger partial charge in [0, 0.05) is 23.8 Å². The molecule has 0 spiro atoms. The summed E-state index contributed by atoms with van der Waals surface area (Å²) in [5.41, 5.74) is 0.951. The molecule has 1 fully saturated rings. The van der Waals surface area contributed by atoms with Crippen LogP contribution in [0.25, 0.3) is 0 Å². The summed E-state index contributed by atoms with van der Waals surface area (Å²) in [6, 6.07) is 5.59. The zero-order valence-corrected chi connectivity index (χ0v) is 15.6. The highest BCUT2D eigenvalue weighted by molar-refractivity contribution is 7.15. The molecular weight excluding hydrogens is 369 g/mol. The lowest BCUT2D eigenvalue weighted by Crippen LogP contribution is -2.38. The van der Waals surface area contributed by atoms with E-state index in [2.05, 4.69) is 10.3 Å². The van der Waals surface area contributed by atoms with E-state index in [1.165, 1.54) is 35.6 Å². The van der Waals surface area contributed by atoms with Crippen LogP contribution in [0, 0.1) is 11.7 Å². The molecule has 2 amide bonds. The second-order valence-corrected chi connectivity index (χ2v) is 7.90. The number of aromatic nitrogens is 1. The fourth-order valence-electron chi connectivity index (χ4n) is 3.11. The molecule has 1 aliphatic carbocycles. The van der Waals surface area contributed by atoms with E-state index in [0.717, 1.165) is 29.8 Å². The summed E-state index contributed by atoms with van der Waals surface area (Å²) >= 11 is 1.43. The van der Waals surface area contributed by atoms with Crippen LogP contribution in [0.1, 0.15) is 29.8 Å². The quantitative estimate of drug-likeness (QED) is 0.853. The summed E-state index contributed by atoms with van der Waals surface area (Å²) in [5, 5.41) is 3.53. The van der Waals surface area contributed by atoms with Gasteiger partial charge in [-0.1, -0.05) is 17.8 Å². The highest BCUT2D eigenvalue weighted by Crippen LogP contribution is 2.31. The van der Waals surface area contributed by atoms with Crippen molar-refractivity contribution in [2.45, 2.75) is 32.2 Å². The molecule has 2 heterocycles. The number of carbonyl (C=O) groups excluding carboxylic acids is 2. The van der Waals surface area contributed by atoms with Crippen molar-refractivity contribution in [2.24, 2.45) is 5.92 Å². The summed E-state index contributed by atoms with van der Waals surface area (Å²) in [7, 11) is 0. The van der Waals surface area contributed by atoms with Gasteiger partial charge in [-0.05, 0) is 37.1 Å². The van der Waals surface area contributed by atoms with Crippen molar-refractivity contribution < 1.29 is 18.7 Å². The van der Waals surface area contributed by atoms with Crippen LogP contribution in [0.15, 0.2) is 24.3 Å². The maximum atomic E-state index is 12.9. The number of nitrogens with one attached hydrogen (secondary N) is 1. The molecule has 0 saturated heterocycles. The Balaban J connectivity index is 1.32. The number of nitrogens with zero attached hydrogens (tertiary/aromatic N) is 2. The summed E-state index contributed by atoms with van der Waals surface area (Å²) in [4.78, 5) is 31.7. The first-order valence-electron chi connectivity index (χ1n) is 9.04. The molecule has 1 aromatic carbocycles. The van der Waals surface area contributed by atoms with E-state index in [1.54, 1.807) is 4.90 Å². The van der Waals surface area contributed by atoms with Gasteiger partial charge in [0.05, 0.1) is 12.2 Å². The van der Waals surface area contributed by atoms with Crippen molar-refractivity contribution in [1.82, 2.24) is 9.88 Å². The van der Waals surface area contributed by atoms with Gasteiger partial charge >= 0.3 is 0 Å². The first kappa shape index (κ1) is 17.9. The molecule has 2 aliphatic rings. The van der Waals surface area contributed by atoms with E-state index < -0.39 is 0 Å². The van der Waals surface area contributed by atoms with Gasteiger partial charge in [0.25, 0.3) is 5.91 Å². The van der Waals surface area contributed by atoms with Crippen molar-refractivity contribution in [2.75, 3.05) is 18.5 Å². The van der Waals surface area contributed by atoms with Gasteiger partial charge in [0.2, 0.25) is 5.91 Å². The maximum absolute atomic E-state index is 12.9. The number of amides is 2. The topological polar surface area (TPSA) is 71.5 Å². The molecule has 4 rings (SSSR count). The van der Waals surface area contributed by atoms with Gasteiger partial charge in [-0.25, -0.2) is 9.37 Å². The number of halogens is 1. The van der Waals surface area contributed by atoms with Crippen molar-refractivity contribution in [3.8, 4) is 5.75 Å². The lowest BCUT2D eigenvalue weighted by molar-refractivity contribution is -0.134. The molecule has 8 heteroatoms. The Hall–Kier alpha value is -2.48. The number of ether oxygens (including phenoxy) is 1. The van der Waals surface area contributed by atoms with E-state index in [9.17, 15) is 14.0 Å². The minimum atomic E-state index is -0.345. The smallest absolute Gasteiger partial charge is 0.260 e. The van der Waals surface area contributed by atoms with Gasteiger partial charge in [0.1, 0.15) is 11.6 Å². The van der Waals surface area contributed by atoms with Crippen molar-refractivity contribution in [3.05, 3.63) is 40.7 Å². The van der Waals surface area contributed by atoms with Crippen LogP contribution in [-0.2, 0) is 22.6 Å². The number of fused-ring (bicyclic) bond motifs is 1. The fraction of sp³-hybridized carbons (Fsp3) is 0.421. The lowest BCUT2D eigenvalue weighted by Gasteiger charge is -2.26.